The van der Waals surface area contributed by atoms with Crippen LogP contribution in [0.1, 0.15) is 52.0 Å². The molecule has 0 spiro atoms. The second kappa shape index (κ2) is 13.9. The molecule has 2 aliphatic rings. The van der Waals surface area contributed by atoms with Gasteiger partial charge in [0.15, 0.2) is 6.61 Å². The van der Waals surface area contributed by atoms with Crippen molar-refractivity contribution in [2.24, 2.45) is 5.92 Å². The fourth-order valence-electron chi connectivity index (χ4n) is 5.56. The van der Waals surface area contributed by atoms with Gasteiger partial charge >= 0.3 is 12.1 Å². The quantitative estimate of drug-likeness (QED) is 0.389. The standard InChI is InChI=1S/C32H45N3O5/c1-32(2,3)40-31(37)34-20-16-28(17-21-34)35(22-25-8-6-5-7-9-25)23-26-14-18-33(19-15-26)27-10-12-29(13-11-27)39-24-30(36)38-4/h5-13,26,28H,14-24H2,1-4H3. The minimum atomic E-state index is -0.470. The van der Waals surface area contributed by atoms with E-state index in [1.54, 1.807) is 0 Å². The van der Waals surface area contributed by atoms with Gasteiger partial charge in [-0.15, -0.1) is 0 Å². The van der Waals surface area contributed by atoms with E-state index in [-0.39, 0.29) is 18.7 Å². The number of amides is 1. The summed E-state index contributed by atoms with van der Waals surface area (Å²) in [5.41, 5.74) is 2.05. The Labute approximate surface area is 239 Å². The molecule has 2 heterocycles. The average molecular weight is 552 g/mol. The molecule has 0 saturated carbocycles. The lowest BCUT2D eigenvalue weighted by Gasteiger charge is -2.42. The third-order valence-corrected chi connectivity index (χ3v) is 7.75. The Morgan fingerprint density at radius 2 is 1.55 bits per heavy atom. The number of piperidine rings is 2. The van der Waals surface area contributed by atoms with Gasteiger partial charge in [0.1, 0.15) is 11.4 Å². The van der Waals surface area contributed by atoms with Gasteiger partial charge in [-0.2, -0.15) is 0 Å². The number of likely N-dealkylation sites (tertiary alicyclic amines) is 1. The molecule has 218 valence electrons. The van der Waals surface area contributed by atoms with Gasteiger partial charge in [-0.05, 0) is 82.2 Å². The van der Waals surface area contributed by atoms with Crippen molar-refractivity contribution in [1.82, 2.24) is 9.80 Å². The minimum absolute atomic E-state index is 0.0826. The predicted molar refractivity (Wildman–Crippen MR) is 157 cm³/mol. The van der Waals surface area contributed by atoms with Crippen LogP contribution in [-0.4, -0.2) is 79.9 Å². The molecule has 0 bridgehead atoms. The molecular weight excluding hydrogens is 506 g/mol. The van der Waals surface area contributed by atoms with E-state index in [4.69, 9.17) is 9.47 Å². The van der Waals surface area contributed by atoms with Gasteiger partial charge in [0.25, 0.3) is 0 Å². The first-order valence-corrected chi connectivity index (χ1v) is 14.5. The highest BCUT2D eigenvalue weighted by Crippen LogP contribution is 2.28. The first kappa shape index (κ1) is 29.7. The molecule has 2 saturated heterocycles. The number of ether oxygens (including phenoxy) is 3. The molecule has 2 aromatic carbocycles. The number of hydrogen-bond acceptors (Lipinski definition) is 7. The molecule has 0 radical (unpaired) electrons. The number of carbonyl (C=O) groups is 2. The van der Waals surface area contributed by atoms with Crippen LogP contribution in [0.25, 0.3) is 0 Å². The lowest BCUT2D eigenvalue weighted by molar-refractivity contribution is -0.142. The third-order valence-electron chi connectivity index (χ3n) is 7.75. The van der Waals surface area contributed by atoms with E-state index in [0.29, 0.717) is 17.7 Å². The van der Waals surface area contributed by atoms with Gasteiger partial charge in [0.05, 0.1) is 7.11 Å². The molecule has 40 heavy (non-hydrogen) atoms. The SMILES string of the molecule is COC(=O)COc1ccc(N2CCC(CN(Cc3ccccc3)C3CCN(C(=O)OC(C)(C)C)CC3)CC2)cc1. The van der Waals surface area contributed by atoms with Crippen molar-refractivity contribution in [1.29, 1.82) is 0 Å². The Kier molecular flexibility index (Phi) is 10.3. The van der Waals surface area contributed by atoms with Gasteiger partial charge < -0.3 is 24.0 Å². The van der Waals surface area contributed by atoms with Crippen LogP contribution in [0.4, 0.5) is 10.5 Å². The third kappa shape index (κ3) is 8.88. The summed E-state index contributed by atoms with van der Waals surface area (Å²) < 4.78 is 15.7. The van der Waals surface area contributed by atoms with Gasteiger partial charge in [-0.1, -0.05) is 30.3 Å². The van der Waals surface area contributed by atoms with E-state index in [2.05, 4.69) is 57.0 Å². The van der Waals surface area contributed by atoms with Crippen molar-refractivity contribution < 1.29 is 23.8 Å². The number of hydrogen-bond donors (Lipinski definition) is 0. The van der Waals surface area contributed by atoms with Crippen molar-refractivity contribution in [2.45, 2.75) is 64.6 Å². The number of carbonyl (C=O) groups excluding carboxylic acids is 2. The monoisotopic (exact) mass is 551 g/mol. The normalized spacial score (nSPS) is 17.1. The predicted octanol–water partition coefficient (Wildman–Crippen LogP) is 5.36. The van der Waals surface area contributed by atoms with Gasteiger partial charge in [-0.3, -0.25) is 4.90 Å². The highest BCUT2D eigenvalue weighted by molar-refractivity contribution is 5.71. The van der Waals surface area contributed by atoms with Crippen molar-refractivity contribution in [2.75, 3.05) is 51.3 Å². The second-order valence-electron chi connectivity index (χ2n) is 11.9. The fraction of sp³-hybridized carbons (Fsp3) is 0.562. The van der Waals surface area contributed by atoms with Crippen LogP contribution >= 0.6 is 0 Å². The number of esters is 1. The summed E-state index contributed by atoms with van der Waals surface area (Å²) in [6.45, 7) is 11.2. The average Bonchev–Trinajstić information content (AvgIpc) is 2.96. The maximum absolute atomic E-state index is 12.6. The Morgan fingerprint density at radius 1 is 0.900 bits per heavy atom. The molecule has 0 aromatic heterocycles. The van der Waals surface area contributed by atoms with E-state index >= 15 is 0 Å². The number of methoxy groups -OCH3 is 1. The zero-order valence-electron chi connectivity index (χ0n) is 24.5. The molecule has 2 fully saturated rings. The molecule has 2 aliphatic heterocycles. The van der Waals surface area contributed by atoms with Gasteiger partial charge in [0.2, 0.25) is 0 Å². The van der Waals surface area contributed by atoms with E-state index < -0.39 is 5.60 Å². The van der Waals surface area contributed by atoms with Gasteiger partial charge in [-0.25, -0.2) is 9.59 Å². The number of benzene rings is 2. The van der Waals surface area contributed by atoms with Crippen LogP contribution in [0.3, 0.4) is 0 Å². The summed E-state index contributed by atoms with van der Waals surface area (Å²) in [4.78, 5) is 30.9. The maximum atomic E-state index is 12.6. The summed E-state index contributed by atoms with van der Waals surface area (Å²) in [6.07, 6.45) is 4.02. The van der Waals surface area contributed by atoms with E-state index in [9.17, 15) is 9.59 Å². The smallest absolute Gasteiger partial charge is 0.410 e. The molecular formula is C32H45N3O5. The summed E-state index contributed by atoms with van der Waals surface area (Å²) in [5.74, 6) is 0.908. The lowest BCUT2D eigenvalue weighted by Crippen LogP contribution is -2.49. The molecule has 0 atom stereocenters. The minimum Gasteiger partial charge on any atom is -0.482 e. The van der Waals surface area contributed by atoms with E-state index in [1.165, 1.54) is 18.4 Å². The van der Waals surface area contributed by atoms with Crippen LogP contribution in [-0.2, 0) is 20.8 Å². The Morgan fingerprint density at radius 3 is 2.15 bits per heavy atom. The van der Waals surface area contributed by atoms with Crippen molar-refractivity contribution in [3.05, 3.63) is 60.2 Å². The number of rotatable bonds is 9. The molecule has 8 heteroatoms. The Balaban J connectivity index is 1.31. The van der Waals surface area contributed by atoms with Crippen LogP contribution in [0.2, 0.25) is 0 Å². The first-order chi connectivity index (χ1) is 19.2. The van der Waals surface area contributed by atoms with Crippen LogP contribution in [0, 0.1) is 5.92 Å². The van der Waals surface area contributed by atoms with Crippen LogP contribution in [0.5, 0.6) is 5.75 Å². The van der Waals surface area contributed by atoms with Crippen molar-refractivity contribution >= 4 is 17.7 Å². The Hall–Kier alpha value is -3.26. The molecule has 0 aliphatic carbocycles. The zero-order valence-corrected chi connectivity index (χ0v) is 24.5. The fourth-order valence-corrected chi connectivity index (χ4v) is 5.56. The largest absolute Gasteiger partial charge is 0.482 e. The second-order valence-corrected chi connectivity index (χ2v) is 11.9. The van der Waals surface area contributed by atoms with Crippen LogP contribution < -0.4 is 9.64 Å². The topological polar surface area (TPSA) is 71.6 Å². The molecule has 4 rings (SSSR count). The Bertz CT molecular complexity index is 1070. The highest BCUT2D eigenvalue weighted by atomic mass is 16.6. The van der Waals surface area contributed by atoms with Gasteiger partial charge in [0, 0.05) is 51.0 Å². The summed E-state index contributed by atoms with van der Waals surface area (Å²) >= 11 is 0. The van der Waals surface area contributed by atoms with Crippen LogP contribution in [0.15, 0.2) is 54.6 Å². The van der Waals surface area contributed by atoms with E-state index in [1.807, 2.05) is 37.8 Å². The highest BCUT2D eigenvalue weighted by Gasteiger charge is 2.31. The first-order valence-electron chi connectivity index (χ1n) is 14.5. The maximum Gasteiger partial charge on any atom is 0.410 e. The number of nitrogens with zero attached hydrogens (tertiary/aromatic N) is 3. The summed E-state index contributed by atoms with van der Waals surface area (Å²) in [6, 6.07) is 19.1. The molecule has 2 aromatic rings. The molecule has 1 amide bonds. The van der Waals surface area contributed by atoms with E-state index in [0.717, 1.165) is 65.0 Å². The molecule has 0 N–H and O–H groups in total. The molecule has 0 unspecified atom stereocenters. The van der Waals surface area contributed by atoms with Crippen molar-refractivity contribution in [3.63, 3.8) is 0 Å². The summed E-state index contributed by atoms with van der Waals surface area (Å²) in [5, 5.41) is 0. The van der Waals surface area contributed by atoms with Crippen molar-refractivity contribution in [3.8, 4) is 5.75 Å². The molecule has 8 nitrogen and oxygen atoms in total. The zero-order chi connectivity index (χ0) is 28.5. The summed E-state index contributed by atoms with van der Waals surface area (Å²) in [7, 11) is 1.36. The lowest BCUT2D eigenvalue weighted by atomic mass is 9.93. The number of anilines is 1.